The summed E-state index contributed by atoms with van der Waals surface area (Å²) >= 11 is 0. The van der Waals surface area contributed by atoms with Gasteiger partial charge in [0.05, 0.1) is 7.11 Å². The van der Waals surface area contributed by atoms with E-state index in [1.807, 2.05) is 0 Å². The minimum absolute atomic E-state index is 0.297. The molecule has 0 saturated carbocycles. The largest absolute Gasteiger partial charge is 0.468 e. The van der Waals surface area contributed by atoms with E-state index in [0.717, 1.165) is 12.8 Å². The molecule has 0 aliphatic carbocycles. The van der Waals surface area contributed by atoms with Crippen LogP contribution in [0.2, 0.25) is 0 Å². The number of methoxy groups -OCH3 is 1. The minimum atomic E-state index is -0.815. The van der Waals surface area contributed by atoms with Crippen molar-refractivity contribution >= 4 is 5.97 Å². The molecule has 3 heteroatoms. The molecule has 0 aromatic rings. The van der Waals surface area contributed by atoms with Crippen LogP contribution in [-0.2, 0) is 9.53 Å². The number of nitrogens with two attached hydrogens (primary N) is 1. The second-order valence-electron chi connectivity index (χ2n) is 8.32. The SMILES string of the molecule is CCCCCCCCCCCCCCCCCCCC(C)(N)C(=O)OC. The lowest BCUT2D eigenvalue weighted by Crippen LogP contribution is -2.45. The highest BCUT2D eigenvalue weighted by Gasteiger charge is 2.28. The number of rotatable bonds is 19. The fourth-order valence-corrected chi connectivity index (χ4v) is 3.55. The van der Waals surface area contributed by atoms with E-state index in [1.165, 1.54) is 110 Å². The topological polar surface area (TPSA) is 52.3 Å². The van der Waals surface area contributed by atoms with Crippen LogP contribution in [-0.4, -0.2) is 18.6 Å². The molecule has 2 N–H and O–H groups in total. The Kier molecular flexibility index (Phi) is 17.4. The first-order valence-corrected chi connectivity index (χ1v) is 11.4. The Hall–Kier alpha value is -0.570. The van der Waals surface area contributed by atoms with Crippen LogP contribution in [0.1, 0.15) is 129 Å². The molecule has 1 unspecified atom stereocenters. The van der Waals surface area contributed by atoms with E-state index in [4.69, 9.17) is 10.5 Å². The van der Waals surface area contributed by atoms with Crippen molar-refractivity contribution in [2.45, 2.75) is 135 Å². The lowest BCUT2D eigenvalue weighted by Gasteiger charge is -2.20. The summed E-state index contributed by atoms with van der Waals surface area (Å²) in [6, 6.07) is 0. The summed E-state index contributed by atoms with van der Waals surface area (Å²) in [7, 11) is 1.40. The van der Waals surface area contributed by atoms with Crippen molar-refractivity contribution in [3.63, 3.8) is 0 Å². The van der Waals surface area contributed by atoms with E-state index in [9.17, 15) is 4.79 Å². The van der Waals surface area contributed by atoms with Crippen molar-refractivity contribution in [1.29, 1.82) is 0 Å². The normalized spacial score (nSPS) is 13.5. The molecule has 0 rings (SSSR count). The van der Waals surface area contributed by atoms with Gasteiger partial charge < -0.3 is 10.5 Å². The predicted molar refractivity (Wildman–Crippen MR) is 113 cm³/mol. The van der Waals surface area contributed by atoms with E-state index in [0.29, 0.717) is 0 Å². The van der Waals surface area contributed by atoms with Gasteiger partial charge in [0.2, 0.25) is 0 Å². The highest BCUT2D eigenvalue weighted by atomic mass is 16.5. The Morgan fingerprint density at radius 3 is 1.31 bits per heavy atom. The molecule has 0 aromatic heterocycles. The smallest absolute Gasteiger partial charge is 0.325 e. The molecule has 26 heavy (non-hydrogen) atoms. The van der Waals surface area contributed by atoms with Crippen LogP contribution in [0, 0.1) is 0 Å². The van der Waals surface area contributed by atoms with Crippen LogP contribution >= 0.6 is 0 Å². The van der Waals surface area contributed by atoms with Gasteiger partial charge in [0.15, 0.2) is 0 Å². The maximum absolute atomic E-state index is 11.5. The lowest BCUT2D eigenvalue weighted by atomic mass is 9.95. The van der Waals surface area contributed by atoms with Crippen LogP contribution in [0.3, 0.4) is 0 Å². The number of ether oxygens (including phenoxy) is 1. The molecular weight excluding hydrogens is 322 g/mol. The summed E-state index contributed by atoms with van der Waals surface area (Å²) < 4.78 is 4.73. The number of hydrogen-bond acceptors (Lipinski definition) is 3. The van der Waals surface area contributed by atoms with Gasteiger partial charge in [-0.1, -0.05) is 116 Å². The summed E-state index contributed by atoms with van der Waals surface area (Å²) in [5.41, 5.74) is 5.15. The van der Waals surface area contributed by atoms with Crippen LogP contribution in [0.4, 0.5) is 0 Å². The van der Waals surface area contributed by atoms with E-state index in [1.54, 1.807) is 6.92 Å². The molecule has 0 aromatic carbocycles. The Morgan fingerprint density at radius 1 is 0.692 bits per heavy atom. The number of carbonyl (C=O) groups is 1. The fraction of sp³-hybridized carbons (Fsp3) is 0.957. The van der Waals surface area contributed by atoms with Gasteiger partial charge in [0.1, 0.15) is 5.54 Å². The van der Waals surface area contributed by atoms with E-state index in [-0.39, 0.29) is 5.97 Å². The van der Waals surface area contributed by atoms with Gasteiger partial charge in [-0.2, -0.15) is 0 Å². The molecule has 156 valence electrons. The van der Waals surface area contributed by atoms with Gasteiger partial charge in [-0.3, -0.25) is 4.79 Å². The Labute approximate surface area is 163 Å². The zero-order valence-electron chi connectivity index (χ0n) is 18.1. The lowest BCUT2D eigenvalue weighted by molar-refractivity contribution is -0.146. The molecule has 0 heterocycles. The molecule has 3 nitrogen and oxygen atoms in total. The molecule has 0 radical (unpaired) electrons. The van der Waals surface area contributed by atoms with Crippen molar-refractivity contribution < 1.29 is 9.53 Å². The van der Waals surface area contributed by atoms with Crippen molar-refractivity contribution in [3.8, 4) is 0 Å². The number of unbranched alkanes of at least 4 members (excludes halogenated alkanes) is 16. The molecular formula is C23H47NO2. The number of carbonyl (C=O) groups excluding carboxylic acids is 1. The average Bonchev–Trinajstić information content (AvgIpc) is 2.63. The third-order valence-electron chi connectivity index (χ3n) is 5.45. The Bertz CT molecular complexity index is 315. The maximum Gasteiger partial charge on any atom is 0.325 e. The molecule has 0 aliphatic rings. The van der Waals surface area contributed by atoms with E-state index >= 15 is 0 Å². The van der Waals surface area contributed by atoms with Gasteiger partial charge in [-0.25, -0.2) is 0 Å². The van der Waals surface area contributed by atoms with Crippen LogP contribution in [0.25, 0.3) is 0 Å². The molecule has 0 spiro atoms. The second-order valence-corrected chi connectivity index (χ2v) is 8.32. The Morgan fingerprint density at radius 2 is 1.00 bits per heavy atom. The molecule has 0 aliphatic heterocycles. The van der Waals surface area contributed by atoms with Crippen molar-refractivity contribution in [2.75, 3.05) is 7.11 Å². The predicted octanol–water partition coefficient (Wildman–Crippen LogP) is 6.92. The quantitative estimate of drug-likeness (QED) is 0.198. The van der Waals surface area contributed by atoms with Crippen molar-refractivity contribution in [1.82, 2.24) is 0 Å². The molecule has 0 bridgehead atoms. The van der Waals surface area contributed by atoms with Gasteiger partial charge in [-0.05, 0) is 13.3 Å². The molecule has 1 atom stereocenters. The zero-order valence-corrected chi connectivity index (χ0v) is 18.1. The summed E-state index contributed by atoms with van der Waals surface area (Å²) in [6.45, 7) is 4.05. The first kappa shape index (κ1) is 25.4. The third kappa shape index (κ3) is 15.7. The zero-order chi connectivity index (χ0) is 19.5. The fourth-order valence-electron chi connectivity index (χ4n) is 3.55. The van der Waals surface area contributed by atoms with Crippen LogP contribution in [0.15, 0.2) is 0 Å². The monoisotopic (exact) mass is 369 g/mol. The minimum Gasteiger partial charge on any atom is -0.468 e. The molecule has 0 fully saturated rings. The number of esters is 1. The first-order chi connectivity index (χ1) is 12.5. The standard InChI is InChI=1S/C23H47NO2/c1-4-5-6-7-8-9-10-11-12-13-14-15-16-17-18-19-20-21-23(2,24)22(25)26-3/h4-21,24H2,1-3H3. The maximum atomic E-state index is 11.5. The van der Waals surface area contributed by atoms with Crippen LogP contribution < -0.4 is 5.73 Å². The summed E-state index contributed by atoms with van der Waals surface area (Å²) in [6.07, 6.45) is 23.9. The van der Waals surface area contributed by atoms with E-state index in [2.05, 4.69) is 6.92 Å². The second kappa shape index (κ2) is 17.8. The molecule has 0 amide bonds. The highest BCUT2D eigenvalue weighted by Crippen LogP contribution is 2.16. The summed E-state index contributed by atoms with van der Waals surface area (Å²) in [5.74, 6) is -0.297. The van der Waals surface area contributed by atoms with E-state index < -0.39 is 5.54 Å². The average molecular weight is 370 g/mol. The van der Waals surface area contributed by atoms with Crippen LogP contribution in [0.5, 0.6) is 0 Å². The van der Waals surface area contributed by atoms with Crippen molar-refractivity contribution in [2.24, 2.45) is 5.73 Å². The highest BCUT2D eigenvalue weighted by molar-refractivity contribution is 5.79. The van der Waals surface area contributed by atoms with Gasteiger partial charge in [-0.15, -0.1) is 0 Å². The van der Waals surface area contributed by atoms with Gasteiger partial charge in [0.25, 0.3) is 0 Å². The molecule has 0 saturated heterocycles. The number of hydrogen-bond donors (Lipinski definition) is 1. The third-order valence-corrected chi connectivity index (χ3v) is 5.45. The Balaban J connectivity index is 3.19. The van der Waals surface area contributed by atoms with Gasteiger partial charge in [0, 0.05) is 0 Å². The van der Waals surface area contributed by atoms with Crippen molar-refractivity contribution in [3.05, 3.63) is 0 Å². The summed E-state index contributed by atoms with van der Waals surface area (Å²) in [5, 5.41) is 0. The first-order valence-electron chi connectivity index (χ1n) is 11.4. The van der Waals surface area contributed by atoms with Gasteiger partial charge >= 0.3 is 5.97 Å². The summed E-state index contributed by atoms with van der Waals surface area (Å²) in [4.78, 5) is 11.5.